The van der Waals surface area contributed by atoms with Gasteiger partial charge in [0.15, 0.2) is 10.8 Å². The average Bonchev–Trinajstić information content (AvgIpc) is 3.80. The van der Waals surface area contributed by atoms with E-state index in [1.165, 1.54) is 5.56 Å². The number of ether oxygens (including phenoxy) is 2. The minimum atomic E-state index is -1.24. The number of carbonyl (C=O) groups excluding carboxylic acids is 4. The maximum absolute atomic E-state index is 13.4. The van der Waals surface area contributed by atoms with Crippen LogP contribution < -0.4 is 16.0 Å². The van der Waals surface area contributed by atoms with Crippen molar-refractivity contribution >= 4 is 45.9 Å². The van der Waals surface area contributed by atoms with Crippen LogP contribution in [0.25, 0.3) is 10.8 Å². The van der Waals surface area contributed by atoms with E-state index in [4.69, 9.17) is 9.47 Å². The summed E-state index contributed by atoms with van der Waals surface area (Å²) in [7, 11) is 0. The van der Waals surface area contributed by atoms with Gasteiger partial charge in [0.2, 0.25) is 11.8 Å². The second kappa shape index (κ2) is 15.6. The second-order valence-electron chi connectivity index (χ2n) is 14.0. The quantitative estimate of drug-likeness (QED) is 0.128. The van der Waals surface area contributed by atoms with Crippen LogP contribution in [0.2, 0.25) is 0 Å². The van der Waals surface area contributed by atoms with Gasteiger partial charge in [0.05, 0.1) is 13.2 Å². The molecule has 0 fully saturated rings. The number of anilines is 2. The molecule has 3 aliphatic rings. The van der Waals surface area contributed by atoms with Crippen molar-refractivity contribution in [2.45, 2.75) is 52.5 Å². The number of esters is 2. The van der Waals surface area contributed by atoms with Crippen molar-refractivity contribution in [3.8, 4) is 0 Å². The Morgan fingerprint density at radius 3 is 1.70 bits per heavy atom. The topological polar surface area (TPSA) is 136 Å². The van der Waals surface area contributed by atoms with Crippen molar-refractivity contribution in [2.24, 2.45) is 10.8 Å². The van der Waals surface area contributed by atoms with Gasteiger partial charge in [-0.1, -0.05) is 72.8 Å². The van der Waals surface area contributed by atoms with Crippen LogP contribution in [0.5, 0.6) is 0 Å². The third-order valence-electron chi connectivity index (χ3n) is 10.7. The highest BCUT2D eigenvalue weighted by atomic mass is 16.5. The number of nitrogens with zero attached hydrogens (tertiary/aromatic N) is 1. The highest BCUT2D eigenvalue weighted by Crippen LogP contribution is 2.41. The summed E-state index contributed by atoms with van der Waals surface area (Å²) >= 11 is 0. The standard InChI is InChI=1S/C22H24N2O3.C22H20N2O3/c2*1-2-27-21(26)22(12-15-6-3-4-7-16(15)13-22)20(25)24-19-9-5-8-17-14-23-11-10-18(17)19/h3-9,23H,2,10-14H2,1H3,(H,24,25);3-11,14H,2,12-13H2,1H3,(H,24,25). The van der Waals surface area contributed by atoms with Gasteiger partial charge in [0.1, 0.15) is 0 Å². The molecule has 10 heteroatoms. The van der Waals surface area contributed by atoms with E-state index in [1.54, 1.807) is 26.2 Å². The molecule has 1 aromatic heterocycles. The van der Waals surface area contributed by atoms with E-state index in [9.17, 15) is 19.2 Å². The Bertz CT molecular complexity index is 2180. The first-order valence-corrected chi connectivity index (χ1v) is 18.5. The van der Waals surface area contributed by atoms with Crippen LogP contribution in [-0.4, -0.2) is 48.5 Å². The van der Waals surface area contributed by atoms with E-state index in [0.717, 1.165) is 63.8 Å². The van der Waals surface area contributed by atoms with Crippen LogP contribution in [0.1, 0.15) is 47.2 Å². The summed E-state index contributed by atoms with van der Waals surface area (Å²) < 4.78 is 10.6. The number of carbonyl (C=O) groups is 4. The fraction of sp³-hybridized carbons (Fsp3) is 0.295. The van der Waals surface area contributed by atoms with Gasteiger partial charge < -0.3 is 25.4 Å². The number of fused-ring (bicyclic) bond motifs is 4. The van der Waals surface area contributed by atoms with E-state index >= 15 is 0 Å². The Morgan fingerprint density at radius 1 is 0.648 bits per heavy atom. The summed E-state index contributed by atoms with van der Waals surface area (Å²) in [6, 6.07) is 29.1. The van der Waals surface area contributed by atoms with Crippen LogP contribution >= 0.6 is 0 Å². The number of hydrogen-bond acceptors (Lipinski definition) is 8. The van der Waals surface area contributed by atoms with Crippen LogP contribution in [-0.2, 0) is 67.3 Å². The molecule has 276 valence electrons. The molecule has 10 nitrogen and oxygen atoms in total. The van der Waals surface area contributed by atoms with E-state index in [2.05, 4.69) is 27.0 Å². The molecular weight excluding hydrogens is 681 g/mol. The highest BCUT2D eigenvalue weighted by molar-refractivity contribution is 6.13. The number of rotatable bonds is 8. The Morgan fingerprint density at radius 2 is 1.15 bits per heavy atom. The molecule has 0 saturated heterocycles. The average molecular weight is 725 g/mol. The number of aromatic nitrogens is 1. The van der Waals surface area contributed by atoms with Crippen molar-refractivity contribution in [3.05, 3.63) is 137 Å². The number of hydrogen-bond donors (Lipinski definition) is 3. The minimum absolute atomic E-state index is 0.240. The first-order valence-electron chi connectivity index (χ1n) is 18.5. The zero-order chi connectivity index (χ0) is 37.7. The molecule has 3 N–H and O–H groups in total. The first kappa shape index (κ1) is 36.5. The Kier molecular flexibility index (Phi) is 10.6. The monoisotopic (exact) mass is 724 g/mol. The molecule has 5 aromatic rings. The molecule has 0 radical (unpaired) electrons. The molecule has 2 heterocycles. The Hall–Kier alpha value is -5.87. The van der Waals surface area contributed by atoms with Crippen molar-refractivity contribution in [3.63, 3.8) is 0 Å². The lowest BCUT2D eigenvalue weighted by molar-refractivity contribution is -0.160. The van der Waals surface area contributed by atoms with Crippen molar-refractivity contribution in [1.29, 1.82) is 0 Å². The SMILES string of the molecule is CCOC(=O)C1(C(=O)Nc2cccc3c2CCNC3)Cc2ccccc2C1.CCOC(=O)C1(C(=O)Nc2cccc3cnccc23)Cc2ccccc2C1. The predicted molar refractivity (Wildman–Crippen MR) is 207 cm³/mol. The number of nitrogens with one attached hydrogen (secondary N) is 3. The lowest BCUT2D eigenvalue weighted by atomic mass is 9.83. The maximum atomic E-state index is 13.4. The smallest absolute Gasteiger partial charge is 0.322 e. The van der Waals surface area contributed by atoms with Crippen LogP contribution in [0.15, 0.2) is 103 Å². The minimum Gasteiger partial charge on any atom is -0.465 e. The van der Waals surface area contributed by atoms with Gasteiger partial charge in [-0.25, -0.2) is 0 Å². The Labute approximate surface area is 314 Å². The molecule has 0 spiro atoms. The second-order valence-corrected chi connectivity index (χ2v) is 14.0. The van der Waals surface area contributed by atoms with E-state index in [1.807, 2.05) is 84.9 Å². The van der Waals surface area contributed by atoms with Gasteiger partial charge in [-0.3, -0.25) is 24.2 Å². The third kappa shape index (κ3) is 6.97. The first-order chi connectivity index (χ1) is 26.3. The number of pyridine rings is 1. The summed E-state index contributed by atoms with van der Waals surface area (Å²) in [6.45, 7) is 5.71. The molecule has 0 saturated carbocycles. The lowest BCUT2D eigenvalue weighted by Gasteiger charge is -2.27. The van der Waals surface area contributed by atoms with Gasteiger partial charge in [0.25, 0.3) is 0 Å². The summed E-state index contributed by atoms with van der Waals surface area (Å²) in [5.41, 5.74) is 5.49. The molecule has 0 bridgehead atoms. The summed E-state index contributed by atoms with van der Waals surface area (Å²) in [4.78, 5) is 56.5. The van der Waals surface area contributed by atoms with E-state index in [0.29, 0.717) is 31.4 Å². The normalized spacial score (nSPS) is 15.7. The fourth-order valence-electron chi connectivity index (χ4n) is 7.93. The summed E-state index contributed by atoms with van der Waals surface area (Å²) in [5, 5.41) is 11.2. The van der Waals surface area contributed by atoms with Crippen LogP contribution in [0.4, 0.5) is 11.4 Å². The van der Waals surface area contributed by atoms with Crippen LogP contribution in [0.3, 0.4) is 0 Å². The predicted octanol–water partition coefficient (Wildman–Crippen LogP) is 6.14. The van der Waals surface area contributed by atoms with E-state index < -0.39 is 22.8 Å². The van der Waals surface area contributed by atoms with Crippen LogP contribution in [0, 0.1) is 10.8 Å². The molecule has 2 amide bonds. The van der Waals surface area contributed by atoms with Gasteiger partial charge in [-0.05, 0) is 104 Å². The molecule has 8 rings (SSSR count). The number of amides is 2. The van der Waals surface area contributed by atoms with Gasteiger partial charge in [-0.15, -0.1) is 0 Å². The summed E-state index contributed by atoms with van der Waals surface area (Å²) in [6.07, 6.45) is 5.75. The molecule has 0 unspecified atom stereocenters. The molecule has 4 aromatic carbocycles. The fourth-order valence-corrected chi connectivity index (χ4v) is 7.93. The van der Waals surface area contributed by atoms with Gasteiger partial charge >= 0.3 is 11.9 Å². The van der Waals surface area contributed by atoms with Crippen molar-refractivity contribution in [1.82, 2.24) is 10.3 Å². The zero-order valence-electron chi connectivity index (χ0n) is 30.6. The highest BCUT2D eigenvalue weighted by Gasteiger charge is 2.52. The molecule has 1 aliphatic heterocycles. The van der Waals surface area contributed by atoms with Gasteiger partial charge in [0, 0.05) is 41.1 Å². The largest absolute Gasteiger partial charge is 0.465 e. The maximum Gasteiger partial charge on any atom is 0.322 e. The lowest BCUT2D eigenvalue weighted by Crippen LogP contribution is -2.45. The van der Waals surface area contributed by atoms with E-state index in [-0.39, 0.29) is 25.0 Å². The summed E-state index contributed by atoms with van der Waals surface area (Å²) in [5.74, 6) is -1.52. The Balaban J connectivity index is 0.000000167. The molecule has 54 heavy (non-hydrogen) atoms. The zero-order valence-corrected chi connectivity index (χ0v) is 30.6. The molecular formula is C44H44N4O6. The van der Waals surface area contributed by atoms with Gasteiger partial charge in [-0.2, -0.15) is 0 Å². The number of benzene rings is 4. The third-order valence-corrected chi connectivity index (χ3v) is 10.7. The van der Waals surface area contributed by atoms with Crippen molar-refractivity contribution in [2.75, 3.05) is 30.4 Å². The van der Waals surface area contributed by atoms with Crippen molar-refractivity contribution < 1.29 is 28.7 Å². The molecule has 2 aliphatic carbocycles. The molecule has 0 atom stereocenters.